The SMILES string of the molecule is Fc1ccc(-c2ccc(CCCCCCl)s2)cc1. The van der Waals surface area contributed by atoms with Gasteiger partial charge in [-0.3, -0.25) is 0 Å². The van der Waals surface area contributed by atoms with Gasteiger partial charge in [-0.25, -0.2) is 4.39 Å². The van der Waals surface area contributed by atoms with Gasteiger partial charge in [-0.1, -0.05) is 18.6 Å². The van der Waals surface area contributed by atoms with Gasteiger partial charge in [0.2, 0.25) is 0 Å². The predicted octanol–water partition coefficient (Wildman–Crippen LogP) is 5.51. The molecule has 0 aliphatic heterocycles. The molecule has 0 aliphatic rings. The molecule has 2 rings (SSSR count). The molecule has 1 heterocycles. The van der Waals surface area contributed by atoms with Crippen molar-refractivity contribution in [2.45, 2.75) is 25.7 Å². The number of benzene rings is 1. The third-order valence-electron chi connectivity index (χ3n) is 2.85. The smallest absolute Gasteiger partial charge is 0.123 e. The Morgan fingerprint density at radius 3 is 2.44 bits per heavy atom. The number of alkyl halides is 1. The van der Waals surface area contributed by atoms with E-state index in [-0.39, 0.29) is 5.82 Å². The van der Waals surface area contributed by atoms with Gasteiger partial charge in [-0.15, -0.1) is 22.9 Å². The van der Waals surface area contributed by atoms with Crippen molar-refractivity contribution >= 4 is 22.9 Å². The van der Waals surface area contributed by atoms with Crippen LogP contribution in [0.1, 0.15) is 24.1 Å². The summed E-state index contributed by atoms with van der Waals surface area (Å²) in [6, 6.07) is 11.0. The number of aryl methyl sites for hydroxylation is 1. The summed E-state index contributed by atoms with van der Waals surface area (Å²) in [5.41, 5.74) is 1.09. The second-order valence-electron chi connectivity index (χ2n) is 4.27. The summed E-state index contributed by atoms with van der Waals surface area (Å²) in [5, 5.41) is 0. The van der Waals surface area contributed by atoms with Crippen molar-refractivity contribution in [2.24, 2.45) is 0 Å². The standard InChI is InChI=1S/C15H16ClFS/c16-11-3-1-2-4-14-9-10-15(18-14)12-5-7-13(17)8-6-12/h5-10H,1-4,11H2. The van der Waals surface area contributed by atoms with Gasteiger partial charge in [0.1, 0.15) is 5.82 Å². The van der Waals surface area contributed by atoms with Gasteiger partial charge in [-0.2, -0.15) is 0 Å². The molecule has 0 N–H and O–H groups in total. The minimum Gasteiger partial charge on any atom is -0.207 e. The number of hydrogen-bond donors (Lipinski definition) is 0. The summed E-state index contributed by atoms with van der Waals surface area (Å²) in [5.74, 6) is 0.572. The van der Waals surface area contributed by atoms with Gasteiger partial charge >= 0.3 is 0 Å². The highest BCUT2D eigenvalue weighted by Gasteiger charge is 2.03. The van der Waals surface area contributed by atoms with Crippen LogP contribution >= 0.6 is 22.9 Å². The quantitative estimate of drug-likeness (QED) is 0.484. The van der Waals surface area contributed by atoms with Crippen molar-refractivity contribution in [3.63, 3.8) is 0 Å². The fourth-order valence-corrected chi connectivity index (χ4v) is 3.10. The highest BCUT2D eigenvalue weighted by Crippen LogP contribution is 2.29. The maximum Gasteiger partial charge on any atom is 0.123 e. The Kier molecular flexibility index (Phi) is 5.21. The maximum absolute atomic E-state index is 12.8. The highest BCUT2D eigenvalue weighted by atomic mass is 35.5. The van der Waals surface area contributed by atoms with Gasteiger partial charge in [0.05, 0.1) is 0 Å². The minimum atomic E-state index is -0.184. The largest absolute Gasteiger partial charge is 0.207 e. The van der Waals surface area contributed by atoms with Crippen molar-refractivity contribution in [3.05, 3.63) is 47.1 Å². The first-order valence-corrected chi connectivity index (χ1v) is 7.55. The van der Waals surface area contributed by atoms with Crippen LogP contribution in [0.3, 0.4) is 0 Å². The molecule has 0 aliphatic carbocycles. The first kappa shape index (κ1) is 13.6. The first-order chi connectivity index (χ1) is 8.79. The lowest BCUT2D eigenvalue weighted by atomic mass is 10.1. The Bertz CT molecular complexity index is 475. The molecule has 0 atom stereocenters. The summed E-state index contributed by atoms with van der Waals surface area (Å²) in [6.45, 7) is 0. The molecule has 1 aromatic heterocycles. The van der Waals surface area contributed by atoms with E-state index in [0.29, 0.717) is 0 Å². The number of halogens is 2. The number of hydrogen-bond acceptors (Lipinski definition) is 1. The summed E-state index contributed by atoms with van der Waals surface area (Å²) in [6.07, 6.45) is 4.59. The van der Waals surface area contributed by atoms with E-state index in [9.17, 15) is 4.39 Å². The highest BCUT2D eigenvalue weighted by molar-refractivity contribution is 7.15. The topological polar surface area (TPSA) is 0 Å². The molecule has 0 nitrogen and oxygen atoms in total. The second kappa shape index (κ2) is 6.91. The van der Waals surface area contributed by atoms with E-state index >= 15 is 0 Å². The Morgan fingerprint density at radius 1 is 0.944 bits per heavy atom. The average Bonchev–Trinajstić information content (AvgIpc) is 2.84. The van der Waals surface area contributed by atoms with E-state index in [1.54, 1.807) is 11.3 Å². The van der Waals surface area contributed by atoms with Gasteiger partial charge < -0.3 is 0 Å². The number of thiophene rings is 1. The third kappa shape index (κ3) is 3.82. The Morgan fingerprint density at radius 2 is 1.72 bits per heavy atom. The van der Waals surface area contributed by atoms with Crippen LogP contribution < -0.4 is 0 Å². The molecule has 3 heteroatoms. The van der Waals surface area contributed by atoms with Gasteiger partial charge in [0, 0.05) is 15.6 Å². The van der Waals surface area contributed by atoms with Crippen molar-refractivity contribution in [1.29, 1.82) is 0 Å². The van der Waals surface area contributed by atoms with Crippen LogP contribution in [-0.2, 0) is 6.42 Å². The summed E-state index contributed by atoms with van der Waals surface area (Å²) in [7, 11) is 0. The maximum atomic E-state index is 12.8. The molecule has 18 heavy (non-hydrogen) atoms. The van der Waals surface area contributed by atoms with Crippen LogP contribution in [0.2, 0.25) is 0 Å². The van der Waals surface area contributed by atoms with Crippen LogP contribution in [-0.4, -0.2) is 5.88 Å². The molecule has 0 unspecified atom stereocenters. The zero-order valence-electron chi connectivity index (χ0n) is 10.2. The normalized spacial score (nSPS) is 10.8. The van der Waals surface area contributed by atoms with Crippen LogP contribution in [0.25, 0.3) is 10.4 Å². The van der Waals surface area contributed by atoms with Crippen LogP contribution in [0.4, 0.5) is 4.39 Å². The fourth-order valence-electron chi connectivity index (χ4n) is 1.85. The molecule has 2 aromatic rings. The van der Waals surface area contributed by atoms with E-state index in [1.807, 2.05) is 12.1 Å². The van der Waals surface area contributed by atoms with E-state index in [2.05, 4.69) is 12.1 Å². The Balaban J connectivity index is 1.95. The molecule has 0 saturated carbocycles. The van der Waals surface area contributed by atoms with Crippen LogP contribution in [0.15, 0.2) is 36.4 Å². The Labute approximate surface area is 116 Å². The molecule has 0 amide bonds. The molecule has 0 spiro atoms. The van der Waals surface area contributed by atoms with Crippen molar-refractivity contribution in [1.82, 2.24) is 0 Å². The Hall–Kier alpha value is -0.860. The minimum absolute atomic E-state index is 0.184. The third-order valence-corrected chi connectivity index (χ3v) is 4.31. The number of rotatable bonds is 6. The van der Waals surface area contributed by atoms with Gasteiger partial charge in [0.15, 0.2) is 0 Å². The lowest BCUT2D eigenvalue weighted by Gasteiger charge is -1.98. The van der Waals surface area contributed by atoms with E-state index in [4.69, 9.17) is 11.6 Å². The summed E-state index contributed by atoms with van der Waals surface area (Å²) < 4.78 is 12.8. The van der Waals surface area contributed by atoms with Crippen LogP contribution in [0, 0.1) is 5.82 Å². The fraction of sp³-hybridized carbons (Fsp3) is 0.333. The zero-order chi connectivity index (χ0) is 12.8. The second-order valence-corrected chi connectivity index (χ2v) is 5.82. The number of unbranched alkanes of at least 4 members (excludes halogenated alkanes) is 2. The zero-order valence-corrected chi connectivity index (χ0v) is 11.7. The predicted molar refractivity (Wildman–Crippen MR) is 78.0 cm³/mol. The molecular formula is C15H16ClFS. The molecule has 1 aromatic carbocycles. The van der Waals surface area contributed by atoms with Gasteiger partial charge in [-0.05, 0) is 49.1 Å². The monoisotopic (exact) mass is 282 g/mol. The lowest BCUT2D eigenvalue weighted by Crippen LogP contribution is -1.82. The van der Waals surface area contributed by atoms with Crippen molar-refractivity contribution in [2.75, 3.05) is 5.88 Å². The van der Waals surface area contributed by atoms with Crippen molar-refractivity contribution < 1.29 is 4.39 Å². The molecule has 0 bridgehead atoms. The average molecular weight is 283 g/mol. The molecular weight excluding hydrogens is 267 g/mol. The molecule has 0 radical (unpaired) electrons. The molecule has 96 valence electrons. The summed E-state index contributed by atoms with van der Waals surface area (Å²) >= 11 is 7.45. The summed E-state index contributed by atoms with van der Waals surface area (Å²) in [4.78, 5) is 2.60. The van der Waals surface area contributed by atoms with E-state index in [1.165, 1.54) is 34.7 Å². The lowest BCUT2D eigenvalue weighted by molar-refractivity contribution is 0.628. The van der Waals surface area contributed by atoms with Crippen LogP contribution in [0.5, 0.6) is 0 Å². The molecule has 0 fully saturated rings. The van der Waals surface area contributed by atoms with Crippen molar-refractivity contribution in [3.8, 4) is 10.4 Å². The van der Waals surface area contributed by atoms with E-state index < -0.39 is 0 Å². The van der Waals surface area contributed by atoms with Gasteiger partial charge in [0.25, 0.3) is 0 Å². The van der Waals surface area contributed by atoms with E-state index in [0.717, 1.165) is 24.3 Å². The first-order valence-electron chi connectivity index (χ1n) is 6.20. The molecule has 0 saturated heterocycles.